The minimum atomic E-state index is -0.745. The molecule has 0 radical (unpaired) electrons. The molecule has 0 saturated carbocycles. The maximum atomic E-state index is 12.6. The Hall–Kier alpha value is -3.10. The van der Waals surface area contributed by atoms with E-state index in [0.717, 1.165) is 0 Å². The Morgan fingerprint density at radius 2 is 1.02 bits per heavy atom. The van der Waals surface area contributed by atoms with Crippen molar-refractivity contribution in [1.82, 2.24) is 20.9 Å². The van der Waals surface area contributed by atoms with Crippen LogP contribution in [0.4, 0.5) is 0 Å². The zero-order valence-electron chi connectivity index (χ0n) is 36.0. The van der Waals surface area contributed by atoms with E-state index in [4.69, 9.17) is 37.9 Å². The molecule has 0 aromatic heterocycles. The molecule has 3 unspecified atom stereocenters. The normalized spacial score (nSPS) is 15.4. The fourth-order valence-electron chi connectivity index (χ4n) is 5.49. The predicted octanol–water partition coefficient (Wildman–Crippen LogP) is 0.917. The Morgan fingerprint density at radius 3 is 1.41 bits per heavy atom. The summed E-state index contributed by atoms with van der Waals surface area (Å²) in [6.07, 6.45) is 0.387. The molecule has 3 N–H and O–H groups in total. The lowest BCUT2D eigenvalue weighted by Gasteiger charge is -2.24. The molecule has 1 aliphatic heterocycles. The average molecular weight is 833 g/mol. The van der Waals surface area contributed by atoms with E-state index in [9.17, 15) is 28.8 Å². The van der Waals surface area contributed by atoms with Crippen molar-refractivity contribution in [3.05, 3.63) is 0 Å². The zero-order chi connectivity index (χ0) is 43.1. The van der Waals surface area contributed by atoms with E-state index < -0.39 is 12.1 Å². The molecule has 0 aromatic rings. The van der Waals surface area contributed by atoms with Gasteiger partial charge in [0, 0.05) is 44.2 Å². The van der Waals surface area contributed by atoms with Crippen molar-refractivity contribution >= 4 is 35.3 Å². The van der Waals surface area contributed by atoms with Gasteiger partial charge in [0.25, 0.3) is 0 Å². The molecule has 0 spiro atoms. The molecule has 5 amide bonds. The average Bonchev–Trinajstić information content (AvgIpc) is 3.47. The molecular weight excluding hydrogens is 760 g/mol. The van der Waals surface area contributed by atoms with Gasteiger partial charge in [-0.05, 0) is 18.8 Å². The van der Waals surface area contributed by atoms with Crippen LogP contribution in [0.15, 0.2) is 0 Å². The van der Waals surface area contributed by atoms with Crippen LogP contribution in [0.3, 0.4) is 0 Å². The molecule has 18 heteroatoms. The molecule has 1 heterocycles. The Morgan fingerprint density at radius 1 is 0.586 bits per heavy atom. The smallest absolute Gasteiger partial charge is 0.243 e. The highest BCUT2D eigenvalue weighted by Crippen LogP contribution is 2.26. The maximum absolute atomic E-state index is 12.6. The van der Waals surface area contributed by atoms with Crippen LogP contribution < -0.4 is 16.0 Å². The summed E-state index contributed by atoms with van der Waals surface area (Å²) in [7, 11) is 0. The molecule has 1 aliphatic rings. The van der Waals surface area contributed by atoms with Crippen LogP contribution in [0.25, 0.3) is 0 Å². The van der Waals surface area contributed by atoms with E-state index in [0.29, 0.717) is 106 Å². The summed E-state index contributed by atoms with van der Waals surface area (Å²) in [5, 5.41) is 8.16. The van der Waals surface area contributed by atoms with E-state index in [2.05, 4.69) is 16.0 Å². The minimum Gasteiger partial charge on any atom is -0.379 e. The van der Waals surface area contributed by atoms with Gasteiger partial charge in [0.2, 0.25) is 29.5 Å². The second-order valence-corrected chi connectivity index (χ2v) is 14.8. The third kappa shape index (κ3) is 24.7. The number of carbonyl (C=O) groups is 6. The van der Waals surface area contributed by atoms with E-state index in [1.807, 2.05) is 27.7 Å². The summed E-state index contributed by atoms with van der Waals surface area (Å²) in [5.74, 6) is -1.93. The van der Waals surface area contributed by atoms with Gasteiger partial charge in [0.1, 0.15) is 6.04 Å². The number of ether oxygens (including phenoxy) is 8. The van der Waals surface area contributed by atoms with E-state index in [-0.39, 0.29) is 91.4 Å². The van der Waals surface area contributed by atoms with Crippen molar-refractivity contribution < 1.29 is 66.7 Å². The van der Waals surface area contributed by atoms with Crippen LogP contribution in [-0.4, -0.2) is 171 Å². The first kappa shape index (κ1) is 52.9. The molecule has 3 atom stereocenters. The Labute approximate surface area is 344 Å². The number of nitrogens with one attached hydrogen (secondary N) is 3. The third-order valence-corrected chi connectivity index (χ3v) is 8.91. The van der Waals surface area contributed by atoms with Gasteiger partial charge in [-0.25, -0.2) is 0 Å². The second-order valence-electron chi connectivity index (χ2n) is 14.8. The number of hydrogen-bond donors (Lipinski definition) is 3. The molecule has 58 heavy (non-hydrogen) atoms. The predicted molar refractivity (Wildman–Crippen MR) is 213 cm³/mol. The Kier molecular flexibility index (Phi) is 29.8. The van der Waals surface area contributed by atoms with E-state index in [1.165, 1.54) is 4.90 Å². The van der Waals surface area contributed by atoms with Crippen LogP contribution >= 0.6 is 0 Å². The molecule has 1 saturated heterocycles. The molecule has 0 aromatic carbocycles. The minimum absolute atomic E-state index is 0.0658. The highest BCUT2D eigenvalue weighted by atomic mass is 16.6. The molecule has 0 bridgehead atoms. The van der Waals surface area contributed by atoms with Gasteiger partial charge in [-0.3, -0.25) is 33.7 Å². The third-order valence-electron chi connectivity index (χ3n) is 8.91. The molecule has 18 nitrogen and oxygen atoms in total. The molecule has 1 rings (SSSR count). The van der Waals surface area contributed by atoms with Crippen molar-refractivity contribution in [2.75, 3.05) is 119 Å². The Balaban J connectivity index is 1.82. The van der Waals surface area contributed by atoms with Crippen molar-refractivity contribution in [1.29, 1.82) is 0 Å². The van der Waals surface area contributed by atoms with Gasteiger partial charge in [0.05, 0.1) is 112 Å². The summed E-state index contributed by atoms with van der Waals surface area (Å²) in [5.41, 5.74) is 0. The molecular formula is C40H72N4O14. The number of rotatable bonds is 37. The molecule has 1 fully saturated rings. The van der Waals surface area contributed by atoms with Gasteiger partial charge in [-0.15, -0.1) is 0 Å². The van der Waals surface area contributed by atoms with Crippen molar-refractivity contribution in [2.45, 2.75) is 79.8 Å². The summed E-state index contributed by atoms with van der Waals surface area (Å²) in [6.45, 7) is 19.3. The SMILES string of the molecule is CC(C)C(=O)C(C)NC(=O)C(NC(=O)CCOCCOCCOCCOCCOCCOCCOCCOCCNC(=O)CCN1C(=O)CC(C(C)C)C1=O)C(C)C. The quantitative estimate of drug-likeness (QED) is 0.0587. The number of hydrogen-bond acceptors (Lipinski definition) is 14. The van der Waals surface area contributed by atoms with Crippen LogP contribution in [0.2, 0.25) is 0 Å². The van der Waals surface area contributed by atoms with E-state index in [1.54, 1.807) is 20.8 Å². The summed E-state index contributed by atoms with van der Waals surface area (Å²) >= 11 is 0. The van der Waals surface area contributed by atoms with Gasteiger partial charge >= 0.3 is 0 Å². The van der Waals surface area contributed by atoms with E-state index >= 15 is 0 Å². The number of ketones is 1. The standard InChI is InChI=1S/C40H72N4O14/c1-29(2)33-28-36(47)44(40(33)50)11-8-34(45)41-10-13-52-15-17-54-19-21-56-23-25-58-27-26-57-24-22-55-20-18-53-16-14-51-12-9-35(46)43-37(30(3)4)39(49)42-32(7)38(48)31(5)6/h29-33,37H,8-28H2,1-7H3,(H,41,45)(H,42,49)(H,43,46). The van der Waals surface area contributed by atoms with Crippen molar-refractivity contribution in [3.63, 3.8) is 0 Å². The fraction of sp³-hybridized carbons (Fsp3) is 0.850. The van der Waals surface area contributed by atoms with Gasteiger partial charge in [-0.2, -0.15) is 0 Å². The first-order valence-electron chi connectivity index (χ1n) is 20.6. The summed E-state index contributed by atoms with van der Waals surface area (Å²) in [6, 6.07) is -1.37. The highest BCUT2D eigenvalue weighted by Gasteiger charge is 2.39. The van der Waals surface area contributed by atoms with Crippen LogP contribution in [-0.2, 0) is 66.7 Å². The molecule has 0 aliphatic carbocycles. The largest absolute Gasteiger partial charge is 0.379 e. The first-order chi connectivity index (χ1) is 27.8. The number of carbonyl (C=O) groups excluding carboxylic acids is 6. The number of amides is 5. The number of Topliss-reactive ketones (excluding diaryl/α,β-unsaturated/α-hetero) is 1. The van der Waals surface area contributed by atoms with Gasteiger partial charge < -0.3 is 53.8 Å². The number of nitrogens with zero attached hydrogens (tertiary/aromatic N) is 1. The topological polar surface area (TPSA) is 216 Å². The van der Waals surface area contributed by atoms with Crippen LogP contribution in [0.5, 0.6) is 0 Å². The first-order valence-corrected chi connectivity index (χ1v) is 20.6. The highest BCUT2D eigenvalue weighted by molar-refractivity contribution is 6.03. The maximum Gasteiger partial charge on any atom is 0.243 e. The zero-order valence-corrected chi connectivity index (χ0v) is 36.0. The monoisotopic (exact) mass is 833 g/mol. The second kappa shape index (κ2) is 32.7. The molecule has 336 valence electrons. The van der Waals surface area contributed by atoms with Crippen molar-refractivity contribution in [2.24, 2.45) is 23.7 Å². The number of imide groups is 1. The summed E-state index contributed by atoms with van der Waals surface area (Å²) in [4.78, 5) is 74.7. The lowest BCUT2D eigenvalue weighted by Crippen LogP contribution is -2.53. The van der Waals surface area contributed by atoms with Crippen molar-refractivity contribution in [3.8, 4) is 0 Å². The lowest BCUT2D eigenvalue weighted by molar-refractivity contribution is -0.140. The summed E-state index contributed by atoms with van der Waals surface area (Å²) < 4.78 is 43.7. The fourth-order valence-corrected chi connectivity index (χ4v) is 5.49. The van der Waals surface area contributed by atoms with Gasteiger partial charge in [0.15, 0.2) is 5.78 Å². The number of likely N-dealkylation sites (tertiary alicyclic amines) is 1. The Bertz CT molecular complexity index is 1190. The van der Waals surface area contributed by atoms with Crippen LogP contribution in [0, 0.1) is 23.7 Å². The van der Waals surface area contributed by atoms with Gasteiger partial charge in [-0.1, -0.05) is 41.5 Å². The van der Waals surface area contributed by atoms with Crippen LogP contribution in [0.1, 0.15) is 67.7 Å². The lowest BCUT2D eigenvalue weighted by atomic mass is 9.94.